The van der Waals surface area contributed by atoms with Gasteiger partial charge in [-0.05, 0) is 24.7 Å². The summed E-state index contributed by atoms with van der Waals surface area (Å²) in [5.74, 6) is -0.362. The molecule has 1 N–H and O–H groups in total. The highest BCUT2D eigenvalue weighted by Gasteiger charge is 2.68. The summed E-state index contributed by atoms with van der Waals surface area (Å²) in [4.78, 5) is 24.3. The summed E-state index contributed by atoms with van der Waals surface area (Å²) >= 11 is 5.83. The van der Waals surface area contributed by atoms with Crippen molar-refractivity contribution in [3.8, 4) is 0 Å². The Morgan fingerprint density at radius 3 is 2.88 bits per heavy atom. The van der Waals surface area contributed by atoms with Crippen LogP contribution in [0.1, 0.15) is 27.6 Å². The molecule has 2 unspecified atom stereocenters. The Kier molecular flexibility index (Phi) is 2.17. The fourth-order valence-electron chi connectivity index (χ4n) is 2.30. The van der Waals surface area contributed by atoms with E-state index < -0.39 is 11.8 Å². The summed E-state index contributed by atoms with van der Waals surface area (Å²) < 4.78 is 5.30. The van der Waals surface area contributed by atoms with E-state index in [1.165, 1.54) is 6.07 Å². The Balaban J connectivity index is 2.12. The van der Waals surface area contributed by atoms with Gasteiger partial charge < -0.3 is 4.74 Å². The van der Waals surface area contributed by atoms with E-state index in [1.807, 2.05) is 6.92 Å². The molecule has 1 heterocycles. The van der Waals surface area contributed by atoms with E-state index in [0.717, 1.165) is 0 Å². The SMILES string of the molecule is CCNC12OC1C(=O)c1cc(Cl)ccc1C2=O. The summed E-state index contributed by atoms with van der Waals surface area (Å²) in [6, 6.07) is 4.71. The van der Waals surface area contributed by atoms with Crippen LogP contribution in [0.2, 0.25) is 5.02 Å². The van der Waals surface area contributed by atoms with Gasteiger partial charge in [-0.3, -0.25) is 14.9 Å². The number of halogens is 1. The lowest BCUT2D eigenvalue weighted by Crippen LogP contribution is -2.47. The van der Waals surface area contributed by atoms with Crippen molar-refractivity contribution in [1.29, 1.82) is 0 Å². The van der Waals surface area contributed by atoms with Crippen LogP contribution in [0.25, 0.3) is 0 Å². The number of carbonyl (C=O) groups excluding carboxylic acids is 2. The first-order valence-electron chi connectivity index (χ1n) is 5.41. The molecule has 1 aromatic carbocycles. The number of ketones is 2. The quantitative estimate of drug-likeness (QED) is 0.808. The van der Waals surface area contributed by atoms with Crippen molar-refractivity contribution in [2.75, 3.05) is 6.54 Å². The number of likely N-dealkylation sites (N-methyl/N-ethyl adjacent to an activating group) is 1. The van der Waals surface area contributed by atoms with Gasteiger partial charge in [0.1, 0.15) is 0 Å². The number of benzene rings is 1. The maximum absolute atomic E-state index is 12.2. The predicted molar refractivity (Wildman–Crippen MR) is 61.4 cm³/mol. The van der Waals surface area contributed by atoms with Gasteiger partial charge >= 0.3 is 0 Å². The fourth-order valence-corrected chi connectivity index (χ4v) is 2.47. The lowest BCUT2D eigenvalue weighted by atomic mass is 9.86. The Labute approximate surface area is 103 Å². The van der Waals surface area contributed by atoms with Crippen LogP contribution in [0.4, 0.5) is 0 Å². The summed E-state index contributed by atoms with van der Waals surface area (Å²) in [6.07, 6.45) is -0.694. The molecule has 3 rings (SSSR count). The smallest absolute Gasteiger partial charge is 0.218 e. The van der Waals surface area contributed by atoms with E-state index in [1.54, 1.807) is 12.1 Å². The number of hydrogen-bond acceptors (Lipinski definition) is 4. The van der Waals surface area contributed by atoms with Crippen LogP contribution in [0.5, 0.6) is 0 Å². The molecule has 1 aliphatic heterocycles. The highest BCUT2D eigenvalue weighted by Crippen LogP contribution is 2.44. The standard InChI is InChI=1S/C12H10ClNO3/c1-2-14-12-10(16)7-4-3-6(13)5-8(7)9(15)11(12)17-12/h3-5,11,14H,2H2,1H3. The highest BCUT2D eigenvalue weighted by molar-refractivity contribution is 6.32. The first kappa shape index (κ1) is 10.9. The third-order valence-corrected chi connectivity index (χ3v) is 3.36. The first-order valence-corrected chi connectivity index (χ1v) is 5.79. The van der Waals surface area contributed by atoms with Crippen molar-refractivity contribution in [2.45, 2.75) is 18.8 Å². The molecular formula is C12H10ClNO3. The van der Waals surface area contributed by atoms with Crippen molar-refractivity contribution in [3.63, 3.8) is 0 Å². The van der Waals surface area contributed by atoms with Crippen LogP contribution < -0.4 is 5.32 Å². The lowest BCUT2D eigenvalue weighted by molar-refractivity contribution is 0.0828. The van der Waals surface area contributed by atoms with Crippen molar-refractivity contribution in [3.05, 3.63) is 34.3 Å². The fraction of sp³-hybridized carbons (Fsp3) is 0.333. The molecule has 2 aliphatic rings. The van der Waals surface area contributed by atoms with Crippen LogP contribution in [0.15, 0.2) is 18.2 Å². The van der Waals surface area contributed by atoms with Crippen LogP contribution >= 0.6 is 11.6 Å². The molecule has 1 saturated heterocycles. The van der Waals surface area contributed by atoms with Gasteiger partial charge in [-0.15, -0.1) is 0 Å². The third kappa shape index (κ3) is 1.32. The van der Waals surface area contributed by atoms with E-state index in [2.05, 4.69) is 5.32 Å². The summed E-state index contributed by atoms with van der Waals surface area (Å²) in [5.41, 5.74) is -0.375. The average molecular weight is 252 g/mol. The molecule has 4 nitrogen and oxygen atoms in total. The summed E-state index contributed by atoms with van der Waals surface area (Å²) in [6.45, 7) is 2.43. The molecular weight excluding hydrogens is 242 g/mol. The predicted octanol–water partition coefficient (Wildman–Crippen LogP) is 1.42. The summed E-state index contributed by atoms with van der Waals surface area (Å²) in [7, 11) is 0. The second kappa shape index (κ2) is 3.38. The minimum atomic E-state index is -1.12. The summed E-state index contributed by atoms with van der Waals surface area (Å²) in [5, 5.41) is 3.39. The number of ether oxygens (including phenoxy) is 1. The minimum Gasteiger partial charge on any atom is -0.333 e. The number of epoxide rings is 1. The van der Waals surface area contributed by atoms with E-state index in [4.69, 9.17) is 16.3 Å². The molecule has 0 aromatic heterocycles. The van der Waals surface area contributed by atoms with Gasteiger partial charge in [-0.2, -0.15) is 0 Å². The zero-order chi connectivity index (χ0) is 12.2. The Hall–Kier alpha value is -1.23. The number of Topliss-reactive ketones (excluding diaryl/α,β-unsaturated/α-hetero) is 2. The molecule has 17 heavy (non-hydrogen) atoms. The second-order valence-corrected chi connectivity index (χ2v) is 4.58. The van der Waals surface area contributed by atoms with Crippen LogP contribution in [-0.2, 0) is 4.74 Å². The van der Waals surface area contributed by atoms with Crippen LogP contribution in [0, 0.1) is 0 Å². The second-order valence-electron chi connectivity index (χ2n) is 4.15. The number of hydrogen-bond donors (Lipinski definition) is 1. The maximum Gasteiger partial charge on any atom is 0.218 e. The van der Waals surface area contributed by atoms with E-state index in [9.17, 15) is 9.59 Å². The molecule has 88 valence electrons. The largest absolute Gasteiger partial charge is 0.333 e. The van der Waals surface area contributed by atoms with Gasteiger partial charge in [-0.1, -0.05) is 18.5 Å². The molecule has 1 aromatic rings. The molecule has 0 saturated carbocycles. The van der Waals surface area contributed by atoms with E-state index in [-0.39, 0.29) is 11.6 Å². The number of nitrogens with one attached hydrogen (secondary N) is 1. The Morgan fingerprint density at radius 2 is 2.18 bits per heavy atom. The van der Waals surface area contributed by atoms with Gasteiger partial charge in [-0.25, -0.2) is 0 Å². The Bertz CT molecular complexity index is 543. The normalized spacial score (nSPS) is 29.9. The highest BCUT2D eigenvalue weighted by atomic mass is 35.5. The molecule has 1 fully saturated rings. The van der Waals surface area contributed by atoms with Gasteiger partial charge in [0.25, 0.3) is 0 Å². The van der Waals surface area contributed by atoms with E-state index in [0.29, 0.717) is 22.7 Å². The molecule has 2 atom stereocenters. The van der Waals surface area contributed by atoms with E-state index >= 15 is 0 Å². The van der Waals surface area contributed by atoms with Gasteiger partial charge in [0, 0.05) is 16.1 Å². The number of rotatable bonds is 2. The molecule has 0 bridgehead atoms. The van der Waals surface area contributed by atoms with Crippen molar-refractivity contribution in [2.24, 2.45) is 0 Å². The van der Waals surface area contributed by atoms with Gasteiger partial charge in [0.2, 0.25) is 11.5 Å². The minimum absolute atomic E-state index is 0.178. The average Bonchev–Trinajstić information content (AvgIpc) is 3.03. The molecule has 5 heteroatoms. The molecule has 1 aliphatic carbocycles. The van der Waals surface area contributed by atoms with Crippen molar-refractivity contribution < 1.29 is 14.3 Å². The van der Waals surface area contributed by atoms with Crippen LogP contribution in [0.3, 0.4) is 0 Å². The molecule has 0 spiro atoms. The third-order valence-electron chi connectivity index (χ3n) is 3.12. The lowest BCUT2D eigenvalue weighted by Gasteiger charge is -2.18. The topological polar surface area (TPSA) is 58.7 Å². The molecule has 0 radical (unpaired) electrons. The van der Waals surface area contributed by atoms with Crippen molar-refractivity contribution in [1.82, 2.24) is 5.32 Å². The zero-order valence-electron chi connectivity index (χ0n) is 9.12. The Morgan fingerprint density at radius 1 is 1.41 bits per heavy atom. The number of fused-ring (bicyclic) bond motifs is 2. The molecule has 0 amide bonds. The number of carbonyl (C=O) groups is 2. The van der Waals surface area contributed by atoms with Gasteiger partial charge in [0.05, 0.1) is 0 Å². The van der Waals surface area contributed by atoms with Crippen LogP contribution in [-0.4, -0.2) is 29.9 Å². The first-order chi connectivity index (χ1) is 8.10. The monoisotopic (exact) mass is 251 g/mol. The maximum atomic E-state index is 12.2. The van der Waals surface area contributed by atoms with Gasteiger partial charge in [0.15, 0.2) is 11.9 Å². The zero-order valence-corrected chi connectivity index (χ0v) is 9.88. The van der Waals surface area contributed by atoms with Crippen molar-refractivity contribution >= 4 is 23.2 Å².